The maximum absolute atomic E-state index is 12.9. The fourth-order valence-electron chi connectivity index (χ4n) is 4.08. The van der Waals surface area contributed by atoms with E-state index >= 15 is 0 Å². The summed E-state index contributed by atoms with van der Waals surface area (Å²) < 4.78 is 11.3. The molecule has 4 heterocycles. The van der Waals surface area contributed by atoms with Gasteiger partial charge in [0.05, 0.1) is 18.8 Å². The minimum atomic E-state index is -0.548. The first kappa shape index (κ1) is 26.0. The Morgan fingerprint density at radius 3 is 2.95 bits per heavy atom. The predicted octanol–water partition coefficient (Wildman–Crippen LogP) is 1.66. The lowest BCUT2D eigenvalue weighted by Crippen LogP contribution is -2.48. The quantitative estimate of drug-likeness (QED) is 0.528. The van der Waals surface area contributed by atoms with Gasteiger partial charge >= 0.3 is 6.03 Å². The third-order valence-corrected chi connectivity index (χ3v) is 6.30. The highest BCUT2D eigenvalue weighted by atomic mass is 16.5. The summed E-state index contributed by atoms with van der Waals surface area (Å²) in [6, 6.07) is 6.28. The van der Waals surface area contributed by atoms with Crippen LogP contribution < -0.4 is 15.0 Å². The first-order chi connectivity index (χ1) is 17.9. The lowest BCUT2D eigenvalue weighted by molar-refractivity contribution is -0.136. The number of nitriles is 1. The van der Waals surface area contributed by atoms with Gasteiger partial charge in [0.25, 0.3) is 0 Å². The molecule has 2 aromatic rings. The molecule has 1 unspecified atom stereocenters. The highest BCUT2D eigenvalue weighted by molar-refractivity contribution is 6.00. The normalized spacial score (nSPS) is 17.8. The van der Waals surface area contributed by atoms with E-state index in [1.807, 2.05) is 18.0 Å². The van der Waals surface area contributed by atoms with Crippen molar-refractivity contribution < 1.29 is 23.9 Å². The number of carbonyl (C=O) groups excluding carboxylic acids is 3. The van der Waals surface area contributed by atoms with Crippen molar-refractivity contribution in [2.24, 2.45) is 0 Å². The molecule has 0 bridgehead atoms. The molecular weight excluding hydrogens is 478 g/mol. The number of hydrogen-bond donors (Lipinski definition) is 1. The van der Waals surface area contributed by atoms with Gasteiger partial charge < -0.3 is 14.4 Å². The molecule has 194 valence electrons. The maximum Gasteiger partial charge on any atom is 0.328 e. The number of aldehydes is 1. The number of rotatable bonds is 8. The molecule has 0 saturated carbocycles. The number of carbonyl (C=O) groups is 3. The number of urea groups is 1. The number of nitrogens with zero attached hydrogens (tertiary/aromatic N) is 6. The van der Waals surface area contributed by atoms with Crippen molar-refractivity contribution in [3.05, 3.63) is 41.2 Å². The van der Waals surface area contributed by atoms with Gasteiger partial charge in [0.2, 0.25) is 5.91 Å². The maximum atomic E-state index is 12.9. The number of piperazine rings is 1. The Hall–Kier alpha value is -4.08. The highest BCUT2D eigenvalue weighted by Crippen LogP contribution is 2.23. The molecule has 1 atom stereocenters. The molecule has 12 heteroatoms. The molecule has 37 heavy (non-hydrogen) atoms. The van der Waals surface area contributed by atoms with Gasteiger partial charge in [0, 0.05) is 44.9 Å². The average molecular weight is 508 g/mol. The highest BCUT2D eigenvalue weighted by Gasteiger charge is 2.23. The largest absolute Gasteiger partial charge is 0.489 e. The molecule has 1 N–H and O–H groups in total. The van der Waals surface area contributed by atoms with Gasteiger partial charge in [-0.05, 0) is 26.0 Å². The second-order valence-electron chi connectivity index (χ2n) is 9.00. The van der Waals surface area contributed by atoms with Crippen LogP contribution in [0.25, 0.3) is 0 Å². The van der Waals surface area contributed by atoms with E-state index < -0.39 is 6.03 Å². The van der Waals surface area contributed by atoms with Crippen molar-refractivity contribution >= 4 is 29.9 Å². The molecule has 2 saturated heterocycles. The van der Waals surface area contributed by atoms with E-state index in [-0.39, 0.29) is 41.4 Å². The van der Waals surface area contributed by atoms with Crippen LogP contribution in [0.15, 0.2) is 24.4 Å². The van der Waals surface area contributed by atoms with Crippen LogP contribution in [0, 0.1) is 11.3 Å². The summed E-state index contributed by atoms with van der Waals surface area (Å²) in [5.74, 6) is 0.728. The van der Waals surface area contributed by atoms with Crippen molar-refractivity contribution in [3.63, 3.8) is 0 Å². The molecule has 12 nitrogen and oxygen atoms in total. The Kier molecular flexibility index (Phi) is 8.27. The van der Waals surface area contributed by atoms with Crippen LogP contribution in [0.2, 0.25) is 0 Å². The molecule has 0 aromatic carbocycles. The second-order valence-corrected chi connectivity index (χ2v) is 9.00. The second kappa shape index (κ2) is 11.8. The van der Waals surface area contributed by atoms with Gasteiger partial charge in [0.15, 0.2) is 6.29 Å². The smallest absolute Gasteiger partial charge is 0.328 e. The number of pyridine rings is 2. The predicted molar refractivity (Wildman–Crippen MR) is 133 cm³/mol. The monoisotopic (exact) mass is 507 g/mol. The van der Waals surface area contributed by atoms with E-state index in [4.69, 9.17) is 9.47 Å². The summed E-state index contributed by atoms with van der Waals surface area (Å²) in [6.07, 6.45) is 3.78. The van der Waals surface area contributed by atoms with Crippen LogP contribution in [-0.4, -0.2) is 91.0 Å². The van der Waals surface area contributed by atoms with E-state index in [2.05, 4.69) is 15.3 Å². The molecule has 2 aromatic heterocycles. The Balaban J connectivity index is 1.42. The van der Waals surface area contributed by atoms with Crippen molar-refractivity contribution in [2.75, 3.05) is 57.2 Å². The summed E-state index contributed by atoms with van der Waals surface area (Å²) in [7, 11) is 3.39. The minimum absolute atomic E-state index is 0.0137. The van der Waals surface area contributed by atoms with E-state index in [0.29, 0.717) is 43.9 Å². The Morgan fingerprint density at radius 2 is 2.24 bits per heavy atom. The van der Waals surface area contributed by atoms with E-state index in [1.165, 1.54) is 24.2 Å². The molecule has 3 amide bonds. The minimum Gasteiger partial charge on any atom is -0.489 e. The molecule has 2 aliphatic heterocycles. The van der Waals surface area contributed by atoms with Crippen molar-refractivity contribution in [1.82, 2.24) is 19.8 Å². The van der Waals surface area contributed by atoms with E-state index in [1.54, 1.807) is 17.0 Å². The van der Waals surface area contributed by atoms with Gasteiger partial charge in [-0.2, -0.15) is 5.26 Å². The zero-order valence-electron chi connectivity index (χ0n) is 20.8. The summed E-state index contributed by atoms with van der Waals surface area (Å²) in [5, 5.41) is 12.0. The SMILES string of the molecule is CN1CCN(Cc2ccc(N(C)C(=O)Nc3cc(OCC4CCCO4)c(C#N)cn3)nc2C=O)C(=O)C1. The number of likely N-dealkylation sites (N-methyl/N-ethyl adjacent to an activating group) is 1. The summed E-state index contributed by atoms with van der Waals surface area (Å²) in [4.78, 5) is 50.2. The van der Waals surface area contributed by atoms with Gasteiger partial charge in [-0.15, -0.1) is 0 Å². The standard InChI is InChI=1S/C25H29N7O5/c1-30-7-8-32(24(34)14-30)13-17-5-6-23(28-20(17)15-33)31(2)25(35)29-22-10-21(18(11-26)12-27-22)37-16-19-4-3-9-36-19/h5-6,10,12,15,19H,3-4,7-9,13-14,16H2,1-2H3,(H,27,29,35). The van der Waals surface area contributed by atoms with Crippen LogP contribution in [0.4, 0.5) is 16.4 Å². The molecule has 4 rings (SSSR count). The number of anilines is 2. The lowest BCUT2D eigenvalue weighted by atomic mass is 10.1. The lowest BCUT2D eigenvalue weighted by Gasteiger charge is -2.32. The molecular formula is C25H29N7O5. The van der Waals surface area contributed by atoms with Crippen LogP contribution in [0.3, 0.4) is 0 Å². The summed E-state index contributed by atoms with van der Waals surface area (Å²) in [5.41, 5.74) is 1.01. The fraction of sp³-hybridized carbons (Fsp3) is 0.440. The van der Waals surface area contributed by atoms with Crippen molar-refractivity contribution in [2.45, 2.75) is 25.5 Å². The zero-order valence-corrected chi connectivity index (χ0v) is 20.8. The Labute approximate surface area is 214 Å². The molecule has 0 radical (unpaired) electrons. The van der Waals surface area contributed by atoms with Gasteiger partial charge in [-0.25, -0.2) is 14.8 Å². The number of hydrogen-bond acceptors (Lipinski definition) is 9. The van der Waals surface area contributed by atoms with Crippen LogP contribution in [0.1, 0.15) is 34.5 Å². The molecule has 2 aliphatic rings. The van der Waals surface area contributed by atoms with Crippen molar-refractivity contribution in [3.8, 4) is 11.8 Å². The summed E-state index contributed by atoms with van der Waals surface area (Å²) in [6.45, 7) is 2.91. The van der Waals surface area contributed by atoms with Crippen molar-refractivity contribution in [1.29, 1.82) is 5.26 Å². The van der Waals surface area contributed by atoms with E-state index in [0.717, 1.165) is 19.4 Å². The third-order valence-electron chi connectivity index (χ3n) is 6.30. The average Bonchev–Trinajstić information content (AvgIpc) is 3.42. The zero-order chi connectivity index (χ0) is 26.4. The fourth-order valence-corrected chi connectivity index (χ4v) is 4.08. The van der Waals surface area contributed by atoms with Crippen LogP contribution >= 0.6 is 0 Å². The number of ether oxygens (including phenoxy) is 2. The number of amides is 3. The van der Waals surface area contributed by atoms with Crippen LogP contribution in [0.5, 0.6) is 5.75 Å². The first-order valence-electron chi connectivity index (χ1n) is 12.0. The van der Waals surface area contributed by atoms with Crippen LogP contribution in [-0.2, 0) is 16.1 Å². The van der Waals surface area contributed by atoms with Gasteiger partial charge in [-0.3, -0.25) is 24.7 Å². The molecule has 0 aliphatic carbocycles. The summed E-state index contributed by atoms with van der Waals surface area (Å²) >= 11 is 0. The van der Waals surface area contributed by atoms with Gasteiger partial charge in [-0.1, -0.05) is 6.07 Å². The van der Waals surface area contributed by atoms with Gasteiger partial charge in [0.1, 0.15) is 41.3 Å². The number of nitrogens with one attached hydrogen (secondary N) is 1. The topological polar surface area (TPSA) is 141 Å². The number of aromatic nitrogens is 2. The molecule has 0 spiro atoms. The van der Waals surface area contributed by atoms with E-state index in [9.17, 15) is 19.6 Å². The Bertz CT molecular complexity index is 1210. The first-order valence-corrected chi connectivity index (χ1v) is 12.0. The third kappa shape index (κ3) is 6.38. The Morgan fingerprint density at radius 1 is 1.41 bits per heavy atom. The molecule has 2 fully saturated rings.